The second kappa shape index (κ2) is 4.54. The van der Waals surface area contributed by atoms with Crippen molar-refractivity contribution in [2.45, 2.75) is 19.8 Å². The van der Waals surface area contributed by atoms with E-state index in [1.165, 1.54) is 6.33 Å². The zero-order chi connectivity index (χ0) is 10.5. The minimum atomic E-state index is 0.783. The molecule has 0 atom stereocenters. The predicted molar refractivity (Wildman–Crippen MR) is 58.7 cm³/mol. The number of nitrogens with one attached hydrogen (secondary N) is 1. The average Bonchev–Trinajstić information content (AvgIpc) is 2.68. The fourth-order valence-corrected chi connectivity index (χ4v) is 1.24. The van der Waals surface area contributed by atoms with Gasteiger partial charge >= 0.3 is 0 Å². The van der Waals surface area contributed by atoms with Crippen molar-refractivity contribution in [2.75, 3.05) is 5.43 Å². The Morgan fingerprint density at radius 1 is 1.47 bits per heavy atom. The number of imidazole rings is 1. The van der Waals surface area contributed by atoms with Crippen LogP contribution in [-0.4, -0.2) is 19.6 Å². The summed E-state index contributed by atoms with van der Waals surface area (Å²) in [5.74, 6) is 0. The molecule has 0 aromatic carbocycles. The Bertz CT molecular complexity index is 460. The van der Waals surface area contributed by atoms with E-state index in [1.807, 2.05) is 6.20 Å². The molecule has 0 fully saturated rings. The third-order valence-corrected chi connectivity index (χ3v) is 2.00. The van der Waals surface area contributed by atoms with E-state index in [2.05, 4.69) is 33.4 Å². The molecule has 2 aromatic heterocycles. The van der Waals surface area contributed by atoms with E-state index < -0.39 is 0 Å². The molecule has 0 unspecified atom stereocenters. The standard InChI is InChI=1S/C10H13N5/c1-2-3-4-5-14-15-8-13-9-6-11-7-12-10(9)15/h4-8,14H,2-3H2,1H3. The summed E-state index contributed by atoms with van der Waals surface area (Å²) in [6.45, 7) is 2.14. The van der Waals surface area contributed by atoms with Crippen LogP contribution in [0.5, 0.6) is 0 Å². The quantitative estimate of drug-likeness (QED) is 0.821. The second-order valence-electron chi connectivity index (χ2n) is 3.17. The summed E-state index contributed by atoms with van der Waals surface area (Å²) >= 11 is 0. The zero-order valence-electron chi connectivity index (χ0n) is 8.59. The monoisotopic (exact) mass is 203 g/mol. The summed E-state index contributed by atoms with van der Waals surface area (Å²) in [6.07, 6.45) is 11.1. The van der Waals surface area contributed by atoms with Gasteiger partial charge in [0.25, 0.3) is 0 Å². The Balaban J connectivity index is 2.14. The minimum absolute atomic E-state index is 0.783. The highest BCUT2D eigenvalue weighted by atomic mass is 15.4. The van der Waals surface area contributed by atoms with Gasteiger partial charge in [-0.25, -0.2) is 19.6 Å². The predicted octanol–water partition coefficient (Wildman–Crippen LogP) is 1.68. The van der Waals surface area contributed by atoms with E-state index in [-0.39, 0.29) is 0 Å². The van der Waals surface area contributed by atoms with Gasteiger partial charge in [-0.15, -0.1) is 0 Å². The molecule has 2 heterocycles. The first-order valence-corrected chi connectivity index (χ1v) is 4.96. The van der Waals surface area contributed by atoms with Crippen molar-refractivity contribution in [3.63, 3.8) is 0 Å². The number of fused-ring (bicyclic) bond motifs is 1. The van der Waals surface area contributed by atoms with E-state index >= 15 is 0 Å². The molecule has 78 valence electrons. The molecule has 0 radical (unpaired) electrons. The van der Waals surface area contributed by atoms with Crippen molar-refractivity contribution in [1.82, 2.24) is 19.6 Å². The van der Waals surface area contributed by atoms with Crippen LogP contribution in [0, 0.1) is 0 Å². The summed E-state index contributed by atoms with van der Waals surface area (Å²) in [7, 11) is 0. The van der Waals surface area contributed by atoms with Crippen LogP contribution in [-0.2, 0) is 0 Å². The van der Waals surface area contributed by atoms with Gasteiger partial charge in [-0.2, -0.15) is 0 Å². The van der Waals surface area contributed by atoms with Crippen LogP contribution in [0.25, 0.3) is 11.2 Å². The Morgan fingerprint density at radius 2 is 2.40 bits per heavy atom. The summed E-state index contributed by atoms with van der Waals surface area (Å²) in [5, 5.41) is 0. The molecule has 0 aliphatic rings. The fourth-order valence-electron chi connectivity index (χ4n) is 1.24. The van der Waals surface area contributed by atoms with Crippen LogP contribution in [0.4, 0.5) is 0 Å². The van der Waals surface area contributed by atoms with E-state index in [1.54, 1.807) is 17.2 Å². The molecule has 2 aromatic rings. The number of nitrogens with zero attached hydrogens (tertiary/aromatic N) is 4. The molecule has 15 heavy (non-hydrogen) atoms. The topological polar surface area (TPSA) is 55.6 Å². The SMILES string of the molecule is CCCC=CNn1cnc2cncnc21. The number of hydrogen-bond acceptors (Lipinski definition) is 4. The van der Waals surface area contributed by atoms with E-state index in [0.717, 1.165) is 24.0 Å². The molecule has 0 saturated carbocycles. The molecule has 5 nitrogen and oxygen atoms in total. The average molecular weight is 203 g/mol. The molecule has 0 aliphatic carbocycles. The van der Waals surface area contributed by atoms with E-state index in [9.17, 15) is 0 Å². The lowest BCUT2D eigenvalue weighted by molar-refractivity contribution is 0.932. The summed E-state index contributed by atoms with van der Waals surface area (Å²) in [4.78, 5) is 12.2. The molecule has 0 spiro atoms. The Hall–Kier alpha value is -1.91. The fraction of sp³-hybridized carbons (Fsp3) is 0.300. The highest BCUT2D eigenvalue weighted by Crippen LogP contribution is 2.04. The van der Waals surface area contributed by atoms with Crippen LogP contribution in [0.3, 0.4) is 0 Å². The summed E-state index contributed by atoms with van der Waals surface area (Å²) < 4.78 is 1.77. The maximum atomic E-state index is 4.16. The molecular weight excluding hydrogens is 190 g/mol. The van der Waals surface area contributed by atoms with Crippen LogP contribution < -0.4 is 5.43 Å². The minimum Gasteiger partial charge on any atom is -0.299 e. The van der Waals surface area contributed by atoms with Crippen LogP contribution >= 0.6 is 0 Å². The number of hydrogen-bond donors (Lipinski definition) is 1. The van der Waals surface area contributed by atoms with Gasteiger partial charge in [0.2, 0.25) is 0 Å². The zero-order valence-corrected chi connectivity index (χ0v) is 8.59. The van der Waals surface area contributed by atoms with Crippen LogP contribution in [0.2, 0.25) is 0 Å². The van der Waals surface area contributed by atoms with Crippen LogP contribution in [0.15, 0.2) is 31.1 Å². The molecule has 0 saturated heterocycles. The summed E-state index contributed by atoms with van der Waals surface area (Å²) in [6, 6.07) is 0. The summed E-state index contributed by atoms with van der Waals surface area (Å²) in [5.41, 5.74) is 4.66. The second-order valence-corrected chi connectivity index (χ2v) is 3.17. The highest BCUT2D eigenvalue weighted by molar-refractivity contribution is 5.69. The normalized spacial score (nSPS) is 11.3. The van der Waals surface area contributed by atoms with Gasteiger partial charge in [-0.3, -0.25) is 5.43 Å². The van der Waals surface area contributed by atoms with Crippen molar-refractivity contribution in [3.05, 3.63) is 31.1 Å². The maximum absolute atomic E-state index is 4.16. The van der Waals surface area contributed by atoms with E-state index in [4.69, 9.17) is 0 Å². The lowest BCUT2D eigenvalue weighted by Gasteiger charge is -2.00. The first-order chi connectivity index (χ1) is 7.42. The first-order valence-electron chi connectivity index (χ1n) is 4.96. The molecular formula is C10H13N5. The molecule has 1 N–H and O–H groups in total. The van der Waals surface area contributed by atoms with Gasteiger partial charge in [0.15, 0.2) is 5.65 Å². The lowest BCUT2D eigenvalue weighted by Crippen LogP contribution is -2.06. The number of aromatic nitrogens is 4. The van der Waals surface area contributed by atoms with Crippen molar-refractivity contribution in [1.29, 1.82) is 0 Å². The van der Waals surface area contributed by atoms with Gasteiger partial charge in [-0.05, 0) is 6.42 Å². The smallest absolute Gasteiger partial charge is 0.182 e. The Labute approximate surface area is 87.8 Å². The van der Waals surface area contributed by atoms with Gasteiger partial charge < -0.3 is 0 Å². The van der Waals surface area contributed by atoms with Crippen molar-refractivity contribution >= 4 is 11.2 Å². The third-order valence-electron chi connectivity index (χ3n) is 2.00. The molecule has 2 rings (SSSR count). The van der Waals surface area contributed by atoms with Gasteiger partial charge in [0, 0.05) is 6.20 Å². The van der Waals surface area contributed by atoms with Crippen molar-refractivity contribution in [3.8, 4) is 0 Å². The van der Waals surface area contributed by atoms with Gasteiger partial charge in [-0.1, -0.05) is 19.4 Å². The largest absolute Gasteiger partial charge is 0.299 e. The van der Waals surface area contributed by atoms with Gasteiger partial charge in [0.1, 0.15) is 18.2 Å². The van der Waals surface area contributed by atoms with Crippen molar-refractivity contribution < 1.29 is 0 Å². The number of allylic oxidation sites excluding steroid dienone is 1. The molecule has 5 heteroatoms. The maximum Gasteiger partial charge on any atom is 0.182 e. The molecule has 0 amide bonds. The van der Waals surface area contributed by atoms with E-state index in [0.29, 0.717) is 0 Å². The van der Waals surface area contributed by atoms with Gasteiger partial charge in [0.05, 0.1) is 6.20 Å². The lowest BCUT2D eigenvalue weighted by atomic mass is 10.3. The number of unbranched alkanes of at least 4 members (excludes halogenated alkanes) is 1. The third kappa shape index (κ3) is 2.12. The molecule has 0 aliphatic heterocycles. The highest BCUT2D eigenvalue weighted by Gasteiger charge is 2.00. The van der Waals surface area contributed by atoms with Crippen LogP contribution in [0.1, 0.15) is 19.8 Å². The number of rotatable bonds is 4. The van der Waals surface area contributed by atoms with Crippen molar-refractivity contribution in [2.24, 2.45) is 0 Å². The first kappa shape index (κ1) is 9.64. The Kier molecular flexibility index (Phi) is 2.92. The molecule has 0 bridgehead atoms. The Morgan fingerprint density at radius 3 is 3.27 bits per heavy atom.